The smallest absolute Gasteiger partial charge is 0.267 e. The molecule has 2 aromatic carbocycles. The molecule has 4 aromatic rings. The van der Waals surface area contributed by atoms with E-state index in [0.29, 0.717) is 16.5 Å². The van der Waals surface area contributed by atoms with Gasteiger partial charge in [0.15, 0.2) is 11.4 Å². The molecule has 10 nitrogen and oxygen atoms in total. The molecule has 2 amide bonds. The molecule has 0 saturated heterocycles. The van der Waals surface area contributed by atoms with E-state index in [1.165, 1.54) is 4.68 Å². The fourth-order valence-electron chi connectivity index (χ4n) is 3.50. The fourth-order valence-corrected chi connectivity index (χ4v) is 3.50. The summed E-state index contributed by atoms with van der Waals surface area (Å²) in [7, 11) is 0. The molecule has 0 aliphatic rings. The van der Waals surface area contributed by atoms with E-state index in [-0.39, 0.29) is 23.0 Å². The van der Waals surface area contributed by atoms with Crippen LogP contribution < -0.4 is 16.4 Å². The topological polar surface area (TPSA) is 124 Å². The van der Waals surface area contributed by atoms with E-state index in [1.807, 2.05) is 31.2 Å². The lowest BCUT2D eigenvalue weighted by Gasteiger charge is -2.13. The Bertz CT molecular complexity index is 1440. The molecule has 33 heavy (non-hydrogen) atoms. The first-order valence-corrected chi connectivity index (χ1v) is 10.4. The van der Waals surface area contributed by atoms with E-state index in [0.717, 1.165) is 11.3 Å². The Hall–Kier alpha value is -4.34. The summed E-state index contributed by atoms with van der Waals surface area (Å²) in [6.45, 7) is 7.27. The average molecular weight is 445 g/mol. The fraction of sp³-hybridized carbons (Fsp3) is 0.217. The molecular weight excluding hydrogens is 422 g/mol. The number of benzene rings is 2. The van der Waals surface area contributed by atoms with Crippen LogP contribution in [-0.4, -0.2) is 36.6 Å². The van der Waals surface area contributed by atoms with Gasteiger partial charge in [0.25, 0.3) is 17.4 Å². The van der Waals surface area contributed by atoms with E-state index >= 15 is 0 Å². The third kappa shape index (κ3) is 4.10. The molecular formula is C23H23N7O3. The van der Waals surface area contributed by atoms with Crippen molar-refractivity contribution in [2.24, 2.45) is 0 Å². The second-order valence-corrected chi connectivity index (χ2v) is 7.92. The lowest BCUT2D eigenvalue weighted by Crippen LogP contribution is -2.43. The van der Waals surface area contributed by atoms with Gasteiger partial charge in [-0.05, 0) is 51.5 Å². The summed E-state index contributed by atoms with van der Waals surface area (Å²) in [4.78, 5) is 38.2. The Morgan fingerprint density at radius 1 is 0.909 bits per heavy atom. The number of hydrogen-bond acceptors (Lipinski definition) is 6. The molecule has 0 aliphatic carbocycles. The third-order valence-electron chi connectivity index (χ3n) is 5.18. The van der Waals surface area contributed by atoms with Gasteiger partial charge < -0.3 is 0 Å². The number of rotatable bonds is 4. The molecule has 10 heteroatoms. The second kappa shape index (κ2) is 8.65. The number of hydrazine groups is 1. The van der Waals surface area contributed by atoms with Crippen molar-refractivity contribution in [2.75, 3.05) is 0 Å². The molecule has 0 aliphatic heterocycles. The molecule has 2 aromatic heterocycles. The molecule has 0 spiro atoms. The molecule has 0 fully saturated rings. The molecule has 0 radical (unpaired) electrons. The lowest BCUT2D eigenvalue weighted by molar-refractivity contribution is 0.0840. The number of carbonyl (C=O) groups excluding carboxylic acids is 2. The Morgan fingerprint density at radius 2 is 1.58 bits per heavy atom. The molecule has 0 unspecified atom stereocenters. The number of carbonyl (C=O) groups is 2. The van der Waals surface area contributed by atoms with E-state index in [2.05, 4.69) is 26.3 Å². The highest BCUT2D eigenvalue weighted by molar-refractivity contribution is 6.05. The minimum Gasteiger partial charge on any atom is -0.267 e. The van der Waals surface area contributed by atoms with E-state index in [1.54, 1.807) is 49.7 Å². The summed E-state index contributed by atoms with van der Waals surface area (Å²) in [5.41, 5.74) is 6.87. The molecule has 0 saturated carbocycles. The highest BCUT2D eigenvalue weighted by Gasteiger charge is 2.21. The molecule has 2 heterocycles. The van der Waals surface area contributed by atoms with Gasteiger partial charge in [-0.3, -0.25) is 25.2 Å². The van der Waals surface area contributed by atoms with Gasteiger partial charge in [0, 0.05) is 5.39 Å². The van der Waals surface area contributed by atoms with Crippen LogP contribution >= 0.6 is 0 Å². The van der Waals surface area contributed by atoms with Gasteiger partial charge >= 0.3 is 0 Å². The quantitative estimate of drug-likeness (QED) is 0.465. The number of aromatic nitrogens is 5. The summed E-state index contributed by atoms with van der Waals surface area (Å²) in [6.07, 6.45) is 0. The number of aryl methyl sites for hydroxylation is 1. The van der Waals surface area contributed by atoms with Crippen LogP contribution in [-0.2, 0) is 0 Å². The van der Waals surface area contributed by atoms with Crippen LogP contribution in [0.2, 0.25) is 0 Å². The minimum absolute atomic E-state index is 0.0272. The standard InChI is InChI=1S/C23H23N7O3/c1-13(2)29-23(33)18-11-6-5-10-17(18)20(27-29)22(32)26-25-21(31)19-15(4)30(28-24-19)16-9-7-8-14(3)12-16/h5-13H,1-4H3,(H,25,31)(H,26,32). The normalized spacial score (nSPS) is 11.1. The average Bonchev–Trinajstić information content (AvgIpc) is 3.18. The first-order valence-electron chi connectivity index (χ1n) is 10.4. The minimum atomic E-state index is -0.655. The number of hydrogen-bond donors (Lipinski definition) is 2. The highest BCUT2D eigenvalue weighted by Crippen LogP contribution is 2.15. The molecule has 4 rings (SSSR count). The van der Waals surface area contributed by atoms with Crippen LogP contribution in [0.4, 0.5) is 0 Å². The Kier molecular flexibility index (Phi) is 5.74. The maximum Gasteiger partial charge on any atom is 0.292 e. The summed E-state index contributed by atoms with van der Waals surface area (Å²) < 4.78 is 2.80. The van der Waals surface area contributed by atoms with Gasteiger partial charge in [0.1, 0.15) is 0 Å². The maximum absolute atomic E-state index is 12.9. The Morgan fingerprint density at radius 3 is 2.24 bits per heavy atom. The van der Waals surface area contributed by atoms with Crippen LogP contribution in [0.3, 0.4) is 0 Å². The van der Waals surface area contributed by atoms with Crippen molar-refractivity contribution in [1.82, 2.24) is 35.6 Å². The van der Waals surface area contributed by atoms with Gasteiger partial charge in [0.05, 0.1) is 22.8 Å². The van der Waals surface area contributed by atoms with Crippen molar-refractivity contribution in [3.8, 4) is 5.69 Å². The van der Waals surface area contributed by atoms with Crippen molar-refractivity contribution >= 4 is 22.6 Å². The van der Waals surface area contributed by atoms with Crippen LogP contribution in [0.15, 0.2) is 53.3 Å². The van der Waals surface area contributed by atoms with Crippen LogP contribution in [0, 0.1) is 13.8 Å². The van der Waals surface area contributed by atoms with E-state index in [4.69, 9.17) is 0 Å². The molecule has 0 atom stereocenters. The van der Waals surface area contributed by atoms with Crippen molar-refractivity contribution in [2.45, 2.75) is 33.7 Å². The first kappa shape index (κ1) is 21.9. The van der Waals surface area contributed by atoms with Gasteiger partial charge in [-0.25, -0.2) is 9.36 Å². The summed E-state index contributed by atoms with van der Waals surface area (Å²) in [5.74, 6) is -1.28. The monoisotopic (exact) mass is 445 g/mol. The van der Waals surface area contributed by atoms with Crippen LogP contribution in [0.1, 0.15) is 52.1 Å². The lowest BCUT2D eigenvalue weighted by atomic mass is 10.1. The van der Waals surface area contributed by atoms with Gasteiger partial charge in [-0.15, -0.1) is 5.10 Å². The summed E-state index contributed by atoms with van der Waals surface area (Å²) >= 11 is 0. The largest absolute Gasteiger partial charge is 0.292 e. The van der Waals surface area contributed by atoms with Gasteiger partial charge in [0.2, 0.25) is 0 Å². The zero-order chi connectivity index (χ0) is 23.7. The van der Waals surface area contributed by atoms with Crippen molar-refractivity contribution < 1.29 is 9.59 Å². The molecule has 0 bridgehead atoms. The predicted molar refractivity (Wildman–Crippen MR) is 122 cm³/mol. The Labute approximate surface area is 189 Å². The van der Waals surface area contributed by atoms with Gasteiger partial charge in [-0.1, -0.05) is 35.5 Å². The molecule has 2 N–H and O–H groups in total. The summed E-state index contributed by atoms with van der Waals surface area (Å²) in [6, 6.07) is 14.1. The third-order valence-corrected chi connectivity index (χ3v) is 5.18. The second-order valence-electron chi connectivity index (χ2n) is 7.92. The van der Waals surface area contributed by atoms with Crippen molar-refractivity contribution in [3.05, 3.63) is 81.5 Å². The highest BCUT2D eigenvalue weighted by atomic mass is 16.2. The summed E-state index contributed by atoms with van der Waals surface area (Å²) in [5, 5.41) is 13.0. The Balaban J connectivity index is 1.58. The van der Waals surface area contributed by atoms with Crippen LogP contribution in [0.5, 0.6) is 0 Å². The predicted octanol–water partition coefficient (Wildman–Crippen LogP) is 2.25. The number of nitrogens with zero attached hydrogens (tertiary/aromatic N) is 5. The number of fused-ring (bicyclic) bond motifs is 1. The van der Waals surface area contributed by atoms with Gasteiger partial charge in [-0.2, -0.15) is 5.10 Å². The SMILES string of the molecule is Cc1cccc(-n2nnc(C(=O)NNC(=O)c3nn(C(C)C)c(=O)c4ccccc34)c2C)c1. The van der Waals surface area contributed by atoms with Crippen molar-refractivity contribution in [1.29, 1.82) is 0 Å². The van der Waals surface area contributed by atoms with E-state index < -0.39 is 11.8 Å². The first-order chi connectivity index (χ1) is 15.8. The zero-order valence-corrected chi connectivity index (χ0v) is 18.7. The molecule has 168 valence electrons. The van der Waals surface area contributed by atoms with Crippen molar-refractivity contribution in [3.63, 3.8) is 0 Å². The zero-order valence-electron chi connectivity index (χ0n) is 18.7. The maximum atomic E-state index is 12.9. The number of nitrogens with one attached hydrogen (secondary N) is 2. The van der Waals surface area contributed by atoms with E-state index in [9.17, 15) is 14.4 Å². The number of amides is 2. The van der Waals surface area contributed by atoms with Crippen LogP contribution in [0.25, 0.3) is 16.5 Å².